The zero-order chi connectivity index (χ0) is 13.3. The van der Waals surface area contributed by atoms with Gasteiger partial charge in [0.25, 0.3) is 0 Å². The Bertz CT molecular complexity index is 430. The van der Waals surface area contributed by atoms with E-state index in [-0.39, 0.29) is 12.4 Å². The molecule has 1 aromatic carbocycles. The van der Waals surface area contributed by atoms with Crippen molar-refractivity contribution in [1.82, 2.24) is 0 Å². The SMILES string of the molecule is Cc1cc(N(CCO)C2CC2)c([C@@H](C)O)cc1F. The summed E-state index contributed by atoms with van der Waals surface area (Å²) in [4.78, 5) is 2.08. The summed E-state index contributed by atoms with van der Waals surface area (Å²) in [6, 6.07) is 3.59. The summed E-state index contributed by atoms with van der Waals surface area (Å²) in [5, 5.41) is 18.9. The van der Waals surface area contributed by atoms with Crippen LogP contribution in [-0.2, 0) is 0 Å². The van der Waals surface area contributed by atoms with Gasteiger partial charge < -0.3 is 15.1 Å². The van der Waals surface area contributed by atoms with E-state index >= 15 is 0 Å². The molecule has 0 spiro atoms. The lowest BCUT2D eigenvalue weighted by atomic mass is 10.0. The summed E-state index contributed by atoms with van der Waals surface area (Å²) >= 11 is 0. The van der Waals surface area contributed by atoms with E-state index in [0.29, 0.717) is 23.7 Å². The highest BCUT2D eigenvalue weighted by atomic mass is 19.1. The molecule has 0 bridgehead atoms. The molecule has 0 aromatic heterocycles. The van der Waals surface area contributed by atoms with Crippen LogP contribution in [0, 0.1) is 12.7 Å². The van der Waals surface area contributed by atoms with Gasteiger partial charge in [-0.15, -0.1) is 0 Å². The first kappa shape index (κ1) is 13.3. The van der Waals surface area contributed by atoms with Crippen molar-refractivity contribution in [3.63, 3.8) is 0 Å². The molecule has 0 aliphatic heterocycles. The lowest BCUT2D eigenvalue weighted by molar-refractivity contribution is 0.199. The summed E-state index contributed by atoms with van der Waals surface area (Å²) in [5.41, 5.74) is 2.01. The predicted molar refractivity (Wildman–Crippen MR) is 69.2 cm³/mol. The van der Waals surface area contributed by atoms with Crippen LogP contribution in [0.25, 0.3) is 0 Å². The van der Waals surface area contributed by atoms with Gasteiger partial charge in [-0.1, -0.05) is 0 Å². The van der Waals surface area contributed by atoms with Crippen LogP contribution in [0.1, 0.15) is 37.0 Å². The average Bonchev–Trinajstić information content (AvgIpc) is 3.13. The molecule has 2 N–H and O–H groups in total. The van der Waals surface area contributed by atoms with Crippen molar-refractivity contribution in [3.8, 4) is 0 Å². The maximum Gasteiger partial charge on any atom is 0.126 e. The molecular formula is C14H20FNO2. The second kappa shape index (κ2) is 5.24. The van der Waals surface area contributed by atoms with Crippen LogP contribution in [0.4, 0.5) is 10.1 Å². The number of aliphatic hydroxyl groups is 2. The van der Waals surface area contributed by atoms with Crippen molar-refractivity contribution in [2.45, 2.75) is 38.8 Å². The number of halogens is 1. The first-order valence-electron chi connectivity index (χ1n) is 6.40. The first-order valence-corrected chi connectivity index (χ1v) is 6.40. The standard InChI is InChI=1S/C14H20FNO2/c1-9-7-14(12(10(2)18)8-13(9)15)16(5-6-17)11-3-4-11/h7-8,10-11,17-18H,3-6H2,1-2H3/t10-/m1/s1. The van der Waals surface area contributed by atoms with Crippen LogP contribution in [0.5, 0.6) is 0 Å². The summed E-state index contributed by atoms with van der Waals surface area (Å²) in [7, 11) is 0. The van der Waals surface area contributed by atoms with Crippen molar-refractivity contribution < 1.29 is 14.6 Å². The normalized spacial score (nSPS) is 16.7. The fraction of sp³-hybridized carbons (Fsp3) is 0.571. The maximum absolute atomic E-state index is 13.6. The number of rotatable bonds is 5. The zero-order valence-electron chi connectivity index (χ0n) is 10.9. The summed E-state index contributed by atoms with van der Waals surface area (Å²) in [6.07, 6.45) is 1.47. The van der Waals surface area contributed by atoms with Crippen molar-refractivity contribution in [3.05, 3.63) is 29.1 Å². The van der Waals surface area contributed by atoms with Crippen molar-refractivity contribution in [2.75, 3.05) is 18.1 Å². The van der Waals surface area contributed by atoms with Gasteiger partial charge in [-0.25, -0.2) is 4.39 Å². The Labute approximate surface area is 107 Å². The quantitative estimate of drug-likeness (QED) is 0.845. The monoisotopic (exact) mass is 253 g/mol. The molecule has 1 aliphatic rings. The van der Waals surface area contributed by atoms with Crippen molar-refractivity contribution in [2.24, 2.45) is 0 Å². The van der Waals surface area contributed by atoms with E-state index in [0.717, 1.165) is 18.5 Å². The highest BCUT2D eigenvalue weighted by molar-refractivity contribution is 5.58. The lowest BCUT2D eigenvalue weighted by Crippen LogP contribution is -2.30. The Hall–Kier alpha value is -1.13. The Kier molecular flexibility index (Phi) is 3.88. The molecule has 0 radical (unpaired) electrons. The maximum atomic E-state index is 13.6. The largest absolute Gasteiger partial charge is 0.395 e. The highest BCUT2D eigenvalue weighted by Gasteiger charge is 2.31. The molecule has 0 heterocycles. The zero-order valence-corrected chi connectivity index (χ0v) is 10.9. The molecular weight excluding hydrogens is 233 g/mol. The van der Waals surface area contributed by atoms with Crippen LogP contribution in [-0.4, -0.2) is 29.4 Å². The minimum atomic E-state index is -0.713. The molecule has 1 aromatic rings. The van der Waals surface area contributed by atoms with Crippen LogP contribution in [0.2, 0.25) is 0 Å². The van der Waals surface area contributed by atoms with Gasteiger partial charge in [-0.3, -0.25) is 0 Å². The third-order valence-electron chi connectivity index (χ3n) is 3.40. The van der Waals surface area contributed by atoms with Gasteiger partial charge in [0.15, 0.2) is 0 Å². The molecule has 2 rings (SSSR count). The summed E-state index contributed by atoms with van der Waals surface area (Å²) < 4.78 is 13.6. The second-order valence-electron chi connectivity index (χ2n) is 4.98. The number of benzene rings is 1. The van der Waals surface area contributed by atoms with E-state index < -0.39 is 6.10 Å². The van der Waals surface area contributed by atoms with Crippen LogP contribution in [0.15, 0.2) is 12.1 Å². The Balaban J connectivity index is 2.42. The third kappa shape index (κ3) is 2.65. The molecule has 4 heteroatoms. The van der Waals surface area contributed by atoms with Crippen molar-refractivity contribution in [1.29, 1.82) is 0 Å². The van der Waals surface area contributed by atoms with E-state index in [9.17, 15) is 9.50 Å². The second-order valence-corrected chi connectivity index (χ2v) is 4.98. The Morgan fingerprint density at radius 3 is 2.61 bits per heavy atom. The Morgan fingerprint density at radius 1 is 1.44 bits per heavy atom. The van der Waals surface area contributed by atoms with Gasteiger partial charge in [0.05, 0.1) is 12.7 Å². The minimum absolute atomic E-state index is 0.0617. The van der Waals surface area contributed by atoms with E-state index in [1.165, 1.54) is 6.07 Å². The van der Waals surface area contributed by atoms with Crippen LogP contribution < -0.4 is 4.90 Å². The molecule has 1 fully saturated rings. The molecule has 0 amide bonds. The fourth-order valence-electron chi connectivity index (χ4n) is 2.26. The average molecular weight is 253 g/mol. The van der Waals surface area contributed by atoms with Gasteiger partial charge in [0.1, 0.15) is 5.82 Å². The summed E-state index contributed by atoms with van der Waals surface area (Å²) in [6.45, 7) is 3.94. The third-order valence-corrected chi connectivity index (χ3v) is 3.40. The molecule has 100 valence electrons. The number of hydrogen-bond acceptors (Lipinski definition) is 3. The van der Waals surface area contributed by atoms with E-state index in [2.05, 4.69) is 4.90 Å². The minimum Gasteiger partial charge on any atom is -0.395 e. The molecule has 3 nitrogen and oxygen atoms in total. The topological polar surface area (TPSA) is 43.7 Å². The predicted octanol–water partition coefficient (Wildman–Crippen LogP) is 2.15. The van der Waals surface area contributed by atoms with Gasteiger partial charge in [0.2, 0.25) is 0 Å². The Morgan fingerprint density at radius 2 is 2.11 bits per heavy atom. The smallest absolute Gasteiger partial charge is 0.126 e. The summed E-state index contributed by atoms with van der Waals surface area (Å²) in [5.74, 6) is -0.297. The number of nitrogens with zero attached hydrogens (tertiary/aromatic N) is 1. The lowest BCUT2D eigenvalue weighted by Gasteiger charge is -2.28. The van der Waals surface area contributed by atoms with Crippen molar-refractivity contribution >= 4 is 5.69 Å². The van der Waals surface area contributed by atoms with Gasteiger partial charge in [-0.2, -0.15) is 0 Å². The molecule has 1 saturated carbocycles. The van der Waals surface area contributed by atoms with Gasteiger partial charge >= 0.3 is 0 Å². The number of anilines is 1. The molecule has 18 heavy (non-hydrogen) atoms. The fourth-order valence-corrected chi connectivity index (χ4v) is 2.26. The first-order chi connectivity index (χ1) is 8.54. The molecule has 0 unspecified atom stereocenters. The van der Waals surface area contributed by atoms with Crippen LogP contribution >= 0.6 is 0 Å². The highest BCUT2D eigenvalue weighted by Crippen LogP contribution is 2.36. The van der Waals surface area contributed by atoms with E-state index in [4.69, 9.17) is 5.11 Å². The van der Waals surface area contributed by atoms with E-state index in [1.807, 2.05) is 0 Å². The molecule has 1 atom stereocenters. The number of hydrogen-bond donors (Lipinski definition) is 2. The molecule has 1 aliphatic carbocycles. The van der Waals surface area contributed by atoms with Gasteiger partial charge in [0, 0.05) is 23.8 Å². The molecule has 0 saturated heterocycles. The number of aliphatic hydroxyl groups excluding tert-OH is 2. The van der Waals surface area contributed by atoms with Crippen LogP contribution in [0.3, 0.4) is 0 Å². The van der Waals surface area contributed by atoms with Gasteiger partial charge in [-0.05, 0) is 44.4 Å². The van der Waals surface area contributed by atoms with E-state index in [1.54, 1.807) is 19.9 Å². The number of aryl methyl sites for hydroxylation is 1.